The number of aryl methyl sites for hydroxylation is 1. The van der Waals surface area contributed by atoms with Gasteiger partial charge in [0.15, 0.2) is 0 Å². The molecule has 0 spiro atoms. The minimum atomic E-state index is -3.95. The normalized spacial score (nSPS) is 12.1. The van der Waals surface area contributed by atoms with Crippen molar-refractivity contribution < 1.29 is 13.2 Å². The number of sulfonamides is 1. The topological polar surface area (TPSA) is 66.5 Å². The van der Waals surface area contributed by atoms with Crippen LogP contribution in [0.4, 0.5) is 5.69 Å². The molecule has 0 heterocycles. The van der Waals surface area contributed by atoms with E-state index in [0.29, 0.717) is 11.3 Å². The molecule has 0 aromatic heterocycles. The summed E-state index contributed by atoms with van der Waals surface area (Å²) in [7, 11) is -3.95. The van der Waals surface area contributed by atoms with Crippen LogP contribution in [0, 0.1) is 6.92 Å². The standard InChI is InChI=1S/C29H28N2O3S/c1-22-17-19-26(20-18-22)35(33,34)31(21-24-11-5-3-6-12-24)28-16-10-9-15-27(28)29(32)30-23(2)25-13-7-4-8-14-25/h3-20,23H,21H2,1-2H3,(H,30,32)/t23-/m1/s1. The van der Waals surface area contributed by atoms with Crippen LogP contribution in [0.2, 0.25) is 0 Å². The quantitative estimate of drug-likeness (QED) is 0.340. The molecule has 1 amide bonds. The molecule has 4 aromatic carbocycles. The average Bonchev–Trinajstić information content (AvgIpc) is 2.88. The zero-order valence-corrected chi connectivity index (χ0v) is 20.6. The van der Waals surface area contributed by atoms with E-state index >= 15 is 0 Å². The molecule has 1 atom stereocenters. The number of anilines is 1. The van der Waals surface area contributed by atoms with E-state index in [1.807, 2.05) is 74.5 Å². The van der Waals surface area contributed by atoms with Crippen LogP contribution in [-0.2, 0) is 16.6 Å². The Balaban J connectivity index is 1.75. The summed E-state index contributed by atoms with van der Waals surface area (Å²) in [5.41, 5.74) is 3.37. The number of nitrogens with zero attached hydrogens (tertiary/aromatic N) is 1. The van der Waals surface area contributed by atoms with E-state index < -0.39 is 10.0 Å². The maximum atomic E-state index is 13.9. The van der Waals surface area contributed by atoms with Crippen LogP contribution in [0.15, 0.2) is 114 Å². The highest BCUT2D eigenvalue weighted by Gasteiger charge is 2.29. The lowest BCUT2D eigenvalue weighted by Crippen LogP contribution is -2.34. The first-order chi connectivity index (χ1) is 16.9. The maximum absolute atomic E-state index is 13.9. The second-order valence-corrected chi connectivity index (χ2v) is 10.3. The van der Waals surface area contributed by atoms with Gasteiger partial charge in [-0.3, -0.25) is 9.10 Å². The van der Waals surface area contributed by atoms with E-state index in [0.717, 1.165) is 16.7 Å². The van der Waals surface area contributed by atoms with Gasteiger partial charge in [-0.2, -0.15) is 0 Å². The lowest BCUT2D eigenvalue weighted by Gasteiger charge is -2.27. The number of amides is 1. The lowest BCUT2D eigenvalue weighted by molar-refractivity contribution is 0.0940. The van der Waals surface area contributed by atoms with Gasteiger partial charge in [0.2, 0.25) is 0 Å². The molecule has 4 rings (SSSR count). The fraction of sp³-hybridized carbons (Fsp3) is 0.138. The minimum Gasteiger partial charge on any atom is -0.345 e. The Morgan fingerprint density at radius 1 is 0.800 bits per heavy atom. The molecular formula is C29H28N2O3S. The van der Waals surface area contributed by atoms with Crippen LogP contribution in [0.1, 0.15) is 40.0 Å². The molecule has 0 saturated carbocycles. The summed E-state index contributed by atoms with van der Waals surface area (Å²) >= 11 is 0. The fourth-order valence-electron chi connectivity index (χ4n) is 3.87. The molecule has 0 fully saturated rings. The first kappa shape index (κ1) is 24.2. The van der Waals surface area contributed by atoms with Crippen LogP contribution in [0.25, 0.3) is 0 Å². The molecule has 0 aliphatic heterocycles. The lowest BCUT2D eigenvalue weighted by atomic mass is 10.1. The predicted octanol–water partition coefficient (Wildman–Crippen LogP) is 5.88. The van der Waals surface area contributed by atoms with Gasteiger partial charge < -0.3 is 5.32 Å². The van der Waals surface area contributed by atoms with Crippen molar-refractivity contribution in [3.8, 4) is 0 Å². The van der Waals surface area contributed by atoms with Crippen molar-refractivity contribution in [2.24, 2.45) is 0 Å². The van der Waals surface area contributed by atoms with Gasteiger partial charge in [0.05, 0.1) is 28.7 Å². The zero-order chi connectivity index (χ0) is 24.8. The Hall–Kier alpha value is -3.90. The van der Waals surface area contributed by atoms with Crippen LogP contribution in [0.5, 0.6) is 0 Å². The Bertz CT molecular complexity index is 1390. The van der Waals surface area contributed by atoms with Crippen LogP contribution >= 0.6 is 0 Å². The molecule has 4 aromatic rings. The Kier molecular flexibility index (Phi) is 7.32. The third-order valence-electron chi connectivity index (χ3n) is 5.84. The molecule has 0 aliphatic carbocycles. The highest BCUT2D eigenvalue weighted by molar-refractivity contribution is 7.92. The van der Waals surface area contributed by atoms with Crippen LogP contribution < -0.4 is 9.62 Å². The largest absolute Gasteiger partial charge is 0.345 e. The minimum absolute atomic E-state index is 0.0928. The smallest absolute Gasteiger partial charge is 0.264 e. The van der Waals surface area contributed by atoms with Crippen molar-refractivity contribution in [2.45, 2.75) is 31.3 Å². The second-order valence-electron chi connectivity index (χ2n) is 8.43. The Morgan fingerprint density at radius 3 is 2.03 bits per heavy atom. The van der Waals surface area contributed by atoms with Crippen molar-refractivity contribution in [2.75, 3.05) is 4.31 Å². The Labute approximate surface area is 207 Å². The third-order valence-corrected chi connectivity index (χ3v) is 7.62. The first-order valence-corrected chi connectivity index (χ1v) is 12.9. The molecule has 6 heteroatoms. The molecule has 0 bridgehead atoms. The number of rotatable bonds is 8. The molecule has 35 heavy (non-hydrogen) atoms. The van der Waals surface area contributed by atoms with Crippen LogP contribution in [-0.4, -0.2) is 14.3 Å². The number of para-hydroxylation sites is 1. The number of nitrogens with one attached hydrogen (secondary N) is 1. The molecule has 5 nitrogen and oxygen atoms in total. The van der Waals surface area contributed by atoms with E-state index in [2.05, 4.69) is 5.32 Å². The number of hydrogen-bond donors (Lipinski definition) is 1. The van der Waals surface area contributed by atoms with Gasteiger partial charge in [-0.25, -0.2) is 8.42 Å². The fourth-order valence-corrected chi connectivity index (χ4v) is 5.34. The van der Waals surface area contributed by atoms with Gasteiger partial charge in [0.25, 0.3) is 15.9 Å². The highest BCUT2D eigenvalue weighted by Crippen LogP contribution is 2.30. The molecule has 0 saturated heterocycles. The van der Waals surface area contributed by atoms with Gasteiger partial charge >= 0.3 is 0 Å². The molecule has 0 aliphatic rings. The average molecular weight is 485 g/mol. The summed E-state index contributed by atoms with van der Waals surface area (Å²) in [4.78, 5) is 13.6. The van der Waals surface area contributed by atoms with E-state index in [4.69, 9.17) is 0 Å². The van der Waals surface area contributed by atoms with Gasteiger partial charge in [-0.05, 0) is 49.2 Å². The molecule has 0 radical (unpaired) electrons. The monoisotopic (exact) mass is 484 g/mol. The van der Waals surface area contributed by atoms with Crippen molar-refractivity contribution in [1.29, 1.82) is 0 Å². The van der Waals surface area contributed by atoms with Crippen molar-refractivity contribution in [3.05, 3.63) is 131 Å². The van der Waals surface area contributed by atoms with E-state index in [1.165, 1.54) is 4.31 Å². The molecular weight excluding hydrogens is 456 g/mol. The second kappa shape index (κ2) is 10.6. The summed E-state index contributed by atoms with van der Waals surface area (Å²) < 4.78 is 29.0. The van der Waals surface area contributed by atoms with Gasteiger partial charge in [0.1, 0.15) is 0 Å². The summed E-state index contributed by atoms with van der Waals surface area (Å²) in [5.74, 6) is -0.339. The van der Waals surface area contributed by atoms with Crippen LogP contribution in [0.3, 0.4) is 0 Å². The zero-order valence-electron chi connectivity index (χ0n) is 19.8. The van der Waals surface area contributed by atoms with Gasteiger partial charge in [-0.15, -0.1) is 0 Å². The van der Waals surface area contributed by atoms with E-state index in [9.17, 15) is 13.2 Å². The summed E-state index contributed by atoms with van der Waals surface area (Å²) in [5, 5.41) is 3.01. The van der Waals surface area contributed by atoms with Crippen molar-refractivity contribution >= 4 is 21.6 Å². The Morgan fingerprint density at radius 2 is 1.37 bits per heavy atom. The van der Waals surface area contributed by atoms with Crippen molar-refractivity contribution in [1.82, 2.24) is 5.32 Å². The number of hydrogen-bond acceptors (Lipinski definition) is 3. The summed E-state index contributed by atoms with van der Waals surface area (Å²) in [6, 6.07) is 32.3. The molecule has 1 N–H and O–H groups in total. The predicted molar refractivity (Wildman–Crippen MR) is 140 cm³/mol. The van der Waals surface area contributed by atoms with E-state index in [1.54, 1.807) is 48.5 Å². The molecule has 0 unspecified atom stereocenters. The number of benzene rings is 4. The summed E-state index contributed by atoms with van der Waals surface area (Å²) in [6.45, 7) is 3.90. The molecule has 178 valence electrons. The van der Waals surface area contributed by atoms with Gasteiger partial charge in [0, 0.05) is 0 Å². The van der Waals surface area contributed by atoms with Crippen molar-refractivity contribution in [3.63, 3.8) is 0 Å². The maximum Gasteiger partial charge on any atom is 0.264 e. The van der Waals surface area contributed by atoms with Gasteiger partial charge in [-0.1, -0.05) is 90.5 Å². The summed E-state index contributed by atoms with van der Waals surface area (Å²) in [6.07, 6.45) is 0. The number of carbonyl (C=O) groups excluding carboxylic acids is 1. The van der Waals surface area contributed by atoms with E-state index in [-0.39, 0.29) is 23.4 Å². The number of carbonyl (C=O) groups is 1. The first-order valence-electron chi connectivity index (χ1n) is 11.4. The SMILES string of the molecule is Cc1ccc(S(=O)(=O)N(Cc2ccccc2)c2ccccc2C(=O)N[C@H](C)c2ccccc2)cc1. The highest BCUT2D eigenvalue weighted by atomic mass is 32.2. The third kappa shape index (κ3) is 5.61.